The van der Waals surface area contributed by atoms with Gasteiger partial charge in [-0.25, -0.2) is 4.98 Å². The SMILES string of the molecule is CCNc1ncccc1COCCCc1ccccc1. The zero-order valence-corrected chi connectivity index (χ0v) is 12.0. The Kier molecular flexibility index (Phi) is 6.06. The summed E-state index contributed by atoms with van der Waals surface area (Å²) in [5.74, 6) is 0.929. The lowest BCUT2D eigenvalue weighted by Crippen LogP contribution is -2.05. The molecule has 0 saturated heterocycles. The van der Waals surface area contributed by atoms with Gasteiger partial charge >= 0.3 is 0 Å². The van der Waals surface area contributed by atoms with Crippen molar-refractivity contribution in [3.8, 4) is 0 Å². The van der Waals surface area contributed by atoms with Crippen LogP contribution in [0.2, 0.25) is 0 Å². The Balaban J connectivity index is 1.71. The minimum atomic E-state index is 0.616. The molecule has 0 fully saturated rings. The van der Waals surface area contributed by atoms with E-state index in [4.69, 9.17) is 4.74 Å². The van der Waals surface area contributed by atoms with Crippen molar-refractivity contribution < 1.29 is 4.74 Å². The van der Waals surface area contributed by atoms with Crippen LogP contribution in [0.4, 0.5) is 5.82 Å². The molecule has 0 unspecified atom stereocenters. The van der Waals surface area contributed by atoms with E-state index in [0.717, 1.165) is 37.4 Å². The van der Waals surface area contributed by atoms with Crippen LogP contribution in [0.5, 0.6) is 0 Å². The van der Waals surface area contributed by atoms with Crippen molar-refractivity contribution in [2.24, 2.45) is 0 Å². The number of pyridine rings is 1. The van der Waals surface area contributed by atoms with E-state index in [1.54, 1.807) is 6.20 Å². The van der Waals surface area contributed by atoms with E-state index in [1.165, 1.54) is 5.56 Å². The number of nitrogens with zero attached hydrogens (tertiary/aromatic N) is 1. The van der Waals surface area contributed by atoms with Crippen LogP contribution in [0.25, 0.3) is 0 Å². The first-order chi connectivity index (χ1) is 9.90. The third-order valence-corrected chi connectivity index (χ3v) is 3.09. The quantitative estimate of drug-likeness (QED) is 0.743. The Hall–Kier alpha value is -1.87. The van der Waals surface area contributed by atoms with Crippen LogP contribution in [-0.2, 0) is 17.8 Å². The van der Waals surface area contributed by atoms with Crippen molar-refractivity contribution in [3.05, 3.63) is 59.8 Å². The van der Waals surface area contributed by atoms with Gasteiger partial charge in [0.2, 0.25) is 0 Å². The Morgan fingerprint density at radius 1 is 1.10 bits per heavy atom. The molecule has 0 aliphatic carbocycles. The molecule has 0 bridgehead atoms. The first-order valence-electron chi connectivity index (χ1n) is 7.19. The van der Waals surface area contributed by atoms with Crippen molar-refractivity contribution in [3.63, 3.8) is 0 Å². The molecule has 1 aromatic heterocycles. The second-order valence-electron chi connectivity index (χ2n) is 4.68. The molecular formula is C17H22N2O. The summed E-state index contributed by atoms with van der Waals surface area (Å²) in [5, 5.41) is 3.25. The fourth-order valence-corrected chi connectivity index (χ4v) is 2.09. The number of hydrogen-bond acceptors (Lipinski definition) is 3. The van der Waals surface area contributed by atoms with Gasteiger partial charge in [0.05, 0.1) is 6.61 Å². The summed E-state index contributed by atoms with van der Waals surface area (Å²) >= 11 is 0. The summed E-state index contributed by atoms with van der Waals surface area (Å²) in [6.45, 7) is 4.33. The van der Waals surface area contributed by atoms with Crippen molar-refractivity contribution in [2.75, 3.05) is 18.5 Å². The average Bonchev–Trinajstić information content (AvgIpc) is 2.50. The van der Waals surface area contributed by atoms with Crippen molar-refractivity contribution in [2.45, 2.75) is 26.4 Å². The minimum Gasteiger partial charge on any atom is -0.377 e. The van der Waals surface area contributed by atoms with Crippen molar-refractivity contribution in [1.29, 1.82) is 0 Å². The molecule has 0 radical (unpaired) electrons. The highest BCUT2D eigenvalue weighted by molar-refractivity contribution is 5.42. The minimum absolute atomic E-state index is 0.616. The van der Waals surface area contributed by atoms with Crippen LogP contribution in [0.15, 0.2) is 48.7 Å². The van der Waals surface area contributed by atoms with Gasteiger partial charge in [-0.3, -0.25) is 0 Å². The summed E-state index contributed by atoms with van der Waals surface area (Å²) in [7, 11) is 0. The second kappa shape index (κ2) is 8.33. The molecule has 3 nitrogen and oxygen atoms in total. The first-order valence-corrected chi connectivity index (χ1v) is 7.19. The lowest BCUT2D eigenvalue weighted by Gasteiger charge is -2.09. The summed E-state index contributed by atoms with van der Waals surface area (Å²) in [6, 6.07) is 14.5. The zero-order chi connectivity index (χ0) is 14.0. The van der Waals surface area contributed by atoms with Crippen LogP contribution in [0.1, 0.15) is 24.5 Å². The highest BCUT2D eigenvalue weighted by Gasteiger charge is 2.02. The largest absolute Gasteiger partial charge is 0.377 e. The van der Waals surface area contributed by atoms with E-state index < -0.39 is 0 Å². The number of benzene rings is 1. The average molecular weight is 270 g/mol. The lowest BCUT2D eigenvalue weighted by molar-refractivity contribution is 0.119. The molecule has 106 valence electrons. The standard InChI is InChI=1S/C17H22N2O/c1-2-18-17-16(11-6-12-19-17)14-20-13-7-10-15-8-4-3-5-9-15/h3-6,8-9,11-12H,2,7,10,13-14H2,1H3,(H,18,19). The molecule has 1 aromatic carbocycles. The van der Waals surface area contributed by atoms with Crippen LogP contribution in [0.3, 0.4) is 0 Å². The Bertz CT molecular complexity index is 499. The van der Waals surface area contributed by atoms with Gasteiger partial charge in [0.25, 0.3) is 0 Å². The maximum atomic E-state index is 5.75. The van der Waals surface area contributed by atoms with E-state index in [-0.39, 0.29) is 0 Å². The molecule has 3 heteroatoms. The molecule has 0 aliphatic heterocycles. The van der Waals surface area contributed by atoms with Gasteiger partial charge in [0.15, 0.2) is 0 Å². The number of ether oxygens (including phenoxy) is 1. The molecule has 20 heavy (non-hydrogen) atoms. The van der Waals surface area contributed by atoms with Gasteiger partial charge < -0.3 is 10.1 Å². The predicted molar refractivity (Wildman–Crippen MR) is 82.8 cm³/mol. The van der Waals surface area contributed by atoms with Crippen LogP contribution < -0.4 is 5.32 Å². The molecule has 0 aliphatic rings. The highest BCUT2D eigenvalue weighted by atomic mass is 16.5. The third kappa shape index (κ3) is 4.67. The van der Waals surface area contributed by atoms with E-state index in [2.05, 4.69) is 47.6 Å². The Morgan fingerprint density at radius 3 is 2.75 bits per heavy atom. The maximum absolute atomic E-state index is 5.75. The van der Waals surface area contributed by atoms with Crippen LogP contribution in [0, 0.1) is 0 Å². The van der Waals surface area contributed by atoms with Crippen LogP contribution in [-0.4, -0.2) is 18.1 Å². The normalized spacial score (nSPS) is 10.4. The molecule has 1 N–H and O–H groups in total. The number of nitrogens with one attached hydrogen (secondary N) is 1. The predicted octanol–water partition coefficient (Wildman–Crippen LogP) is 3.66. The van der Waals surface area contributed by atoms with Gasteiger partial charge in [-0.2, -0.15) is 0 Å². The highest BCUT2D eigenvalue weighted by Crippen LogP contribution is 2.12. The molecule has 0 atom stereocenters. The molecule has 1 heterocycles. The fourth-order valence-electron chi connectivity index (χ4n) is 2.09. The van der Waals surface area contributed by atoms with E-state index >= 15 is 0 Å². The topological polar surface area (TPSA) is 34.2 Å². The molecule has 0 amide bonds. The van der Waals surface area contributed by atoms with E-state index in [0.29, 0.717) is 6.61 Å². The Morgan fingerprint density at radius 2 is 1.95 bits per heavy atom. The summed E-state index contributed by atoms with van der Waals surface area (Å²) < 4.78 is 5.75. The van der Waals surface area contributed by atoms with E-state index in [1.807, 2.05) is 12.1 Å². The Labute approximate surface area is 121 Å². The molecule has 2 rings (SSSR count). The summed E-state index contributed by atoms with van der Waals surface area (Å²) in [4.78, 5) is 4.32. The van der Waals surface area contributed by atoms with Gasteiger partial charge in [-0.1, -0.05) is 36.4 Å². The van der Waals surface area contributed by atoms with Gasteiger partial charge in [0.1, 0.15) is 5.82 Å². The van der Waals surface area contributed by atoms with Crippen molar-refractivity contribution in [1.82, 2.24) is 4.98 Å². The molecular weight excluding hydrogens is 248 g/mol. The van der Waals surface area contributed by atoms with Gasteiger partial charge in [-0.05, 0) is 31.4 Å². The number of anilines is 1. The van der Waals surface area contributed by atoms with Crippen molar-refractivity contribution >= 4 is 5.82 Å². The number of aromatic nitrogens is 1. The third-order valence-electron chi connectivity index (χ3n) is 3.09. The maximum Gasteiger partial charge on any atom is 0.131 e. The summed E-state index contributed by atoms with van der Waals surface area (Å²) in [5.41, 5.74) is 2.49. The molecule has 0 saturated carbocycles. The van der Waals surface area contributed by atoms with E-state index in [9.17, 15) is 0 Å². The first kappa shape index (κ1) is 14.5. The summed E-state index contributed by atoms with van der Waals surface area (Å²) in [6.07, 6.45) is 3.91. The fraction of sp³-hybridized carbons (Fsp3) is 0.353. The monoisotopic (exact) mass is 270 g/mol. The van der Waals surface area contributed by atoms with Gasteiger partial charge in [-0.15, -0.1) is 0 Å². The second-order valence-corrected chi connectivity index (χ2v) is 4.68. The van der Waals surface area contributed by atoms with Gasteiger partial charge in [0, 0.05) is 24.9 Å². The number of aryl methyl sites for hydroxylation is 1. The molecule has 2 aromatic rings. The smallest absolute Gasteiger partial charge is 0.131 e. The molecule has 0 spiro atoms. The van der Waals surface area contributed by atoms with Crippen LogP contribution >= 0.6 is 0 Å². The lowest BCUT2D eigenvalue weighted by atomic mass is 10.1. The zero-order valence-electron chi connectivity index (χ0n) is 12.0. The number of rotatable bonds is 8. The number of hydrogen-bond donors (Lipinski definition) is 1.